The van der Waals surface area contributed by atoms with Crippen LogP contribution in [0.5, 0.6) is 0 Å². The third kappa shape index (κ3) is 2.35. The zero-order valence-corrected chi connectivity index (χ0v) is 11.9. The molecule has 1 aromatic carbocycles. The summed E-state index contributed by atoms with van der Waals surface area (Å²) in [5.41, 5.74) is 5.78. The molecule has 4 N–H and O–H groups in total. The number of thioether (sulfide) groups is 1. The average molecular weight is 298 g/mol. The molecule has 4 atom stereocenters. The lowest BCUT2D eigenvalue weighted by atomic mass is 9.74. The number of benzene rings is 1. The fourth-order valence-corrected chi connectivity index (χ4v) is 4.32. The summed E-state index contributed by atoms with van der Waals surface area (Å²) in [5, 5.41) is 12.6. The zero-order chi connectivity index (χ0) is 14.2. The molecule has 1 unspecified atom stereocenters. The van der Waals surface area contributed by atoms with E-state index >= 15 is 0 Å². The highest BCUT2D eigenvalue weighted by Crippen LogP contribution is 2.44. The average Bonchev–Trinajstić information content (AvgIpc) is 2.47. The molecule has 6 heteroatoms. The number of halogens is 1. The van der Waals surface area contributed by atoms with Gasteiger partial charge >= 0.3 is 0 Å². The van der Waals surface area contributed by atoms with Crippen LogP contribution in [0.15, 0.2) is 24.3 Å². The number of hydrogen-bond donors (Lipinski definition) is 3. The molecule has 2 aliphatic heterocycles. The van der Waals surface area contributed by atoms with E-state index in [1.807, 2.05) is 6.07 Å². The van der Waals surface area contributed by atoms with Gasteiger partial charge in [0.15, 0.2) is 0 Å². The maximum atomic E-state index is 14.3. The van der Waals surface area contributed by atoms with E-state index in [4.69, 9.17) is 10.5 Å². The van der Waals surface area contributed by atoms with Crippen LogP contribution in [0.2, 0.25) is 0 Å². The topological polar surface area (TPSA) is 67.5 Å². The van der Waals surface area contributed by atoms with E-state index in [0.717, 1.165) is 5.75 Å². The molecule has 0 radical (unpaired) electrons. The molecule has 0 amide bonds. The molecule has 2 saturated heterocycles. The summed E-state index contributed by atoms with van der Waals surface area (Å²) in [5.74, 6) is 0.785. The van der Waals surface area contributed by atoms with E-state index in [1.165, 1.54) is 6.07 Å². The van der Waals surface area contributed by atoms with Gasteiger partial charge in [-0.1, -0.05) is 18.2 Å². The van der Waals surface area contributed by atoms with Crippen molar-refractivity contribution < 1.29 is 14.2 Å². The summed E-state index contributed by atoms with van der Waals surface area (Å²) in [4.78, 5) is 0. The Morgan fingerprint density at radius 2 is 2.30 bits per heavy atom. The molecule has 0 aliphatic carbocycles. The van der Waals surface area contributed by atoms with Crippen molar-refractivity contribution in [2.24, 2.45) is 11.7 Å². The Balaban J connectivity index is 1.99. The Morgan fingerprint density at radius 3 is 3.05 bits per heavy atom. The molecule has 0 spiro atoms. The highest BCUT2D eigenvalue weighted by Gasteiger charge is 2.49. The Bertz CT molecular complexity index is 490. The molecule has 2 aliphatic rings. The summed E-state index contributed by atoms with van der Waals surface area (Å²) in [7, 11) is 0. The largest absolute Gasteiger partial charge is 0.394 e. The summed E-state index contributed by atoms with van der Waals surface area (Å²) < 4.78 is 20.0. The molecule has 0 aromatic heterocycles. The summed E-state index contributed by atoms with van der Waals surface area (Å²) in [6.07, 6.45) is 0.536. The first kappa shape index (κ1) is 14.3. The van der Waals surface area contributed by atoms with Crippen molar-refractivity contribution in [3.63, 3.8) is 0 Å². The minimum absolute atomic E-state index is 0.000568. The molecule has 0 saturated carbocycles. The molecule has 1 aromatic rings. The van der Waals surface area contributed by atoms with Crippen LogP contribution in [-0.4, -0.2) is 35.7 Å². The second kappa shape index (κ2) is 5.61. The highest BCUT2D eigenvalue weighted by atomic mass is 32.2. The van der Waals surface area contributed by atoms with Crippen molar-refractivity contribution in [2.75, 3.05) is 19.0 Å². The fourth-order valence-electron chi connectivity index (χ4n) is 3.16. The molecule has 2 fully saturated rings. The van der Waals surface area contributed by atoms with Crippen LogP contribution in [0.25, 0.3) is 0 Å². The zero-order valence-electron chi connectivity index (χ0n) is 11.1. The van der Waals surface area contributed by atoms with E-state index < -0.39 is 5.54 Å². The Labute approximate surface area is 121 Å². The third-order valence-corrected chi connectivity index (χ3v) is 5.30. The van der Waals surface area contributed by atoms with E-state index in [0.29, 0.717) is 18.6 Å². The smallest absolute Gasteiger partial charge is 0.128 e. The van der Waals surface area contributed by atoms with Crippen molar-refractivity contribution in [3.8, 4) is 0 Å². The number of fused-ring (bicyclic) bond motifs is 1. The van der Waals surface area contributed by atoms with Crippen LogP contribution in [0.3, 0.4) is 0 Å². The first-order chi connectivity index (χ1) is 9.65. The van der Waals surface area contributed by atoms with Gasteiger partial charge in [0.1, 0.15) is 11.3 Å². The number of nitrogens with one attached hydrogen (secondary N) is 1. The van der Waals surface area contributed by atoms with Gasteiger partial charge in [-0.25, -0.2) is 4.39 Å². The minimum Gasteiger partial charge on any atom is -0.394 e. The van der Waals surface area contributed by atoms with Crippen LogP contribution in [0.1, 0.15) is 12.0 Å². The lowest BCUT2D eigenvalue weighted by Gasteiger charge is -2.51. The van der Waals surface area contributed by atoms with Crippen molar-refractivity contribution >= 4 is 11.8 Å². The van der Waals surface area contributed by atoms with E-state index in [9.17, 15) is 9.50 Å². The maximum Gasteiger partial charge on any atom is 0.128 e. The highest BCUT2D eigenvalue weighted by molar-refractivity contribution is 7.99. The molecular weight excluding hydrogens is 279 g/mol. The van der Waals surface area contributed by atoms with Crippen LogP contribution in [0, 0.1) is 11.7 Å². The van der Waals surface area contributed by atoms with Gasteiger partial charge in [0.25, 0.3) is 0 Å². The quantitative estimate of drug-likeness (QED) is 0.760. The van der Waals surface area contributed by atoms with Gasteiger partial charge in [-0.05, 0) is 18.4 Å². The monoisotopic (exact) mass is 298 g/mol. The Morgan fingerprint density at radius 1 is 1.50 bits per heavy atom. The maximum absolute atomic E-state index is 14.3. The number of rotatable bonds is 2. The number of aliphatic hydroxyl groups excluding tert-OH is 1. The SMILES string of the molecule is NC1N[C@@]2(c3ccccc3F)CO[C@@H](CO)C[C@H]2CS1. The van der Waals surface area contributed by atoms with E-state index in [2.05, 4.69) is 5.32 Å². The van der Waals surface area contributed by atoms with Gasteiger partial charge in [0, 0.05) is 11.3 Å². The van der Waals surface area contributed by atoms with Gasteiger partial charge in [-0.3, -0.25) is 5.32 Å². The Hall–Kier alpha value is -0.660. The number of ether oxygens (including phenoxy) is 1. The van der Waals surface area contributed by atoms with Gasteiger partial charge < -0.3 is 15.6 Å². The second-order valence-electron chi connectivity index (χ2n) is 5.40. The van der Waals surface area contributed by atoms with E-state index in [-0.39, 0.29) is 29.9 Å². The van der Waals surface area contributed by atoms with Crippen LogP contribution in [-0.2, 0) is 10.3 Å². The lowest BCUT2D eigenvalue weighted by Crippen LogP contribution is -2.64. The summed E-state index contributed by atoms with van der Waals surface area (Å²) in [6.45, 7) is 0.332. The molecule has 4 nitrogen and oxygen atoms in total. The van der Waals surface area contributed by atoms with Crippen molar-refractivity contribution in [1.29, 1.82) is 0 Å². The molecule has 0 bridgehead atoms. The molecule has 110 valence electrons. The van der Waals surface area contributed by atoms with Crippen molar-refractivity contribution in [2.45, 2.75) is 23.6 Å². The summed E-state index contributed by atoms with van der Waals surface area (Å²) in [6, 6.07) is 6.77. The molecule has 2 heterocycles. The van der Waals surface area contributed by atoms with Crippen LogP contribution >= 0.6 is 11.8 Å². The van der Waals surface area contributed by atoms with Gasteiger partial charge in [-0.15, -0.1) is 11.8 Å². The van der Waals surface area contributed by atoms with Gasteiger partial charge in [0.05, 0.1) is 24.9 Å². The fraction of sp³-hybridized carbons (Fsp3) is 0.571. The normalized spacial score (nSPS) is 37.5. The number of nitrogens with two attached hydrogens (primary N) is 1. The lowest BCUT2D eigenvalue weighted by molar-refractivity contribution is -0.0922. The molecular formula is C14H19FN2O2S. The number of aliphatic hydroxyl groups is 1. The minimum atomic E-state index is -0.596. The van der Waals surface area contributed by atoms with Crippen LogP contribution < -0.4 is 11.1 Å². The number of hydrogen-bond acceptors (Lipinski definition) is 5. The van der Waals surface area contributed by atoms with Gasteiger partial charge in [-0.2, -0.15) is 0 Å². The molecule has 20 heavy (non-hydrogen) atoms. The van der Waals surface area contributed by atoms with Crippen LogP contribution in [0.4, 0.5) is 4.39 Å². The van der Waals surface area contributed by atoms with Gasteiger partial charge in [0.2, 0.25) is 0 Å². The Kier molecular flexibility index (Phi) is 4.01. The summed E-state index contributed by atoms with van der Waals surface area (Å²) >= 11 is 1.62. The van der Waals surface area contributed by atoms with Crippen molar-refractivity contribution in [1.82, 2.24) is 5.32 Å². The predicted molar refractivity (Wildman–Crippen MR) is 76.6 cm³/mol. The molecule has 3 rings (SSSR count). The third-order valence-electron chi connectivity index (χ3n) is 4.23. The van der Waals surface area contributed by atoms with Crippen molar-refractivity contribution in [3.05, 3.63) is 35.6 Å². The first-order valence-electron chi connectivity index (χ1n) is 6.78. The standard InChI is InChI=1S/C14H19FN2O2S/c15-12-4-2-1-3-11(12)14-8-19-10(6-18)5-9(14)7-20-13(16)17-14/h1-4,9-10,13,17-18H,5-8,16H2/t9-,10+,13?,14-/m0/s1. The van der Waals surface area contributed by atoms with E-state index in [1.54, 1.807) is 23.9 Å². The second-order valence-corrected chi connectivity index (χ2v) is 6.57. The predicted octanol–water partition coefficient (Wildman–Crippen LogP) is 0.997. The first-order valence-corrected chi connectivity index (χ1v) is 7.83.